The molecule has 0 bridgehead atoms. The number of nitrogen functional groups attached to an aromatic ring is 1. The van der Waals surface area contributed by atoms with Crippen LogP contribution >= 0.6 is 0 Å². The number of nitrogens with zero attached hydrogens (tertiary/aromatic N) is 5. The van der Waals surface area contributed by atoms with E-state index in [2.05, 4.69) is 15.3 Å². The predicted octanol–water partition coefficient (Wildman–Crippen LogP) is 1.28. The van der Waals surface area contributed by atoms with Crippen LogP contribution in [0.1, 0.15) is 25.2 Å². The Morgan fingerprint density at radius 1 is 1.32 bits per heavy atom. The molecule has 2 heterocycles. The van der Waals surface area contributed by atoms with Gasteiger partial charge in [0.25, 0.3) is 0 Å². The molecule has 2 N–H and O–H groups in total. The minimum absolute atomic E-state index is 0.0589. The van der Waals surface area contributed by atoms with Crippen molar-refractivity contribution in [1.82, 2.24) is 20.0 Å². The maximum atomic E-state index is 11.2. The minimum atomic E-state index is -0.397. The maximum absolute atomic E-state index is 11.2. The Bertz CT molecular complexity index is 604. The second-order valence-electron chi connectivity index (χ2n) is 3.93. The summed E-state index contributed by atoms with van der Waals surface area (Å²) >= 11 is 0. The lowest BCUT2D eigenvalue weighted by Crippen LogP contribution is -2.06. The first-order chi connectivity index (χ1) is 9.08. The fraction of sp³-hybridized carbons (Fsp3) is 0.364. The van der Waals surface area contributed by atoms with E-state index in [0.29, 0.717) is 35.9 Å². The first kappa shape index (κ1) is 12.9. The van der Waals surface area contributed by atoms with Crippen molar-refractivity contribution in [3.8, 4) is 5.82 Å². The lowest BCUT2D eigenvalue weighted by molar-refractivity contribution is -0.386. The molecule has 0 aliphatic carbocycles. The van der Waals surface area contributed by atoms with Gasteiger partial charge in [0.1, 0.15) is 17.2 Å². The van der Waals surface area contributed by atoms with Crippen molar-refractivity contribution in [2.24, 2.45) is 0 Å². The monoisotopic (exact) mass is 262 g/mol. The standard InChI is InChI=1S/C11H14N6O2/c1-3-7-11(17(18)19)8(4-2)16(15-7)10-6-5-9(12)13-14-10/h5-6H,3-4H2,1-2H3,(H2,12,13). The molecule has 2 aromatic rings. The van der Waals surface area contributed by atoms with Crippen LogP contribution in [-0.4, -0.2) is 24.9 Å². The highest BCUT2D eigenvalue weighted by Crippen LogP contribution is 2.26. The Balaban J connectivity index is 2.63. The zero-order valence-corrected chi connectivity index (χ0v) is 10.7. The summed E-state index contributed by atoms with van der Waals surface area (Å²) in [7, 11) is 0. The summed E-state index contributed by atoms with van der Waals surface area (Å²) in [5.41, 5.74) is 6.49. The molecule has 8 heteroatoms. The van der Waals surface area contributed by atoms with Gasteiger partial charge in [0.15, 0.2) is 5.82 Å². The van der Waals surface area contributed by atoms with Crippen molar-refractivity contribution < 1.29 is 4.92 Å². The Labute approximate surface area is 109 Å². The molecule has 0 atom stereocenters. The zero-order valence-electron chi connectivity index (χ0n) is 10.7. The van der Waals surface area contributed by atoms with Crippen LogP contribution in [0.5, 0.6) is 0 Å². The van der Waals surface area contributed by atoms with Gasteiger partial charge in [-0.05, 0) is 25.0 Å². The van der Waals surface area contributed by atoms with Gasteiger partial charge in [-0.1, -0.05) is 13.8 Å². The van der Waals surface area contributed by atoms with Gasteiger partial charge in [-0.3, -0.25) is 10.1 Å². The summed E-state index contributed by atoms with van der Waals surface area (Å²) in [5, 5.41) is 23.1. The van der Waals surface area contributed by atoms with Crippen molar-refractivity contribution in [2.45, 2.75) is 26.7 Å². The molecule has 0 aliphatic rings. The number of nitro groups is 1. The molecule has 100 valence electrons. The number of aromatic nitrogens is 4. The molecular formula is C11H14N6O2. The highest BCUT2D eigenvalue weighted by molar-refractivity contribution is 5.45. The van der Waals surface area contributed by atoms with Crippen LogP contribution < -0.4 is 5.73 Å². The molecule has 2 aromatic heterocycles. The molecule has 19 heavy (non-hydrogen) atoms. The molecule has 0 radical (unpaired) electrons. The smallest absolute Gasteiger partial charge is 0.313 e. The summed E-state index contributed by atoms with van der Waals surface area (Å²) in [5.74, 6) is 0.716. The second-order valence-corrected chi connectivity index (χ2v) is 3.93. The van der Waals surface area contributed by atoms with E-state index in [9.17, 15) is 10.1 Å². The van der Waals surface area contributed by atoms with E-state index in [4.69, 9.17) is 5.73 Å². The zero-order chi connectivity index (χ0) is 14.0. The van der Waals surface area contributed by atoms with E-state index in [-0.39, 0.29) is 5.69 Å². The van der Waals surface area contributed by atoms with Crippen LogP contribution in [0.3, 0.4) is 0 Å². The first-order valence-electron chi connectivity index (χ1n) is 5.93. The largest absolute Gasteiger partial charge is 0.382 e. The van der Waals surface area contributed by atoms with Crippen LogP contribution in [0, 0.1) is 10.1 Å². The number of anilines is 1. The van der Waals surface area contributed by atoms with Crippen LogP contribution in [0.2, 0.25) is 0 Å². The predicted molar refractivity (Wildman–Crippen MR) is 69.0 cm³/mol. The van der Waals surface area contributed by atoms with Crippen molar-refractivity contribution in [1.29, 1.82) is 0 Å². The minimum Gasteiger partial charge on any atom is -0.382 e. The number of nitrogens with two attached hydrogens (primary N) is 1. The topological polar surface area (TPSA) is 113 Å². The third-order valence-corrected chi connectivity index (χ3v) is 2.76. The second kappa shape index (κ2) is 5.01. The average molecular weight is 262 g/mol. The van der Waals surface area contributed by atoms with Gasteiger partial charge in [0.05, 0.1) is 4.92 Å². The lowest BCUT2D eigenvalue weighted by atomic mass is 10.2. The van der Waals surface area contributed by atoms with Crippen LogP contribution in [0.4, 0.5) is 11.5 Å². The van der Waals surface area contributed by atoms with Crippen LogP contribution in [-0.2, 0) is 12.8 Å². The quantitative estimate of drug-likeness (QED) is 0.655. The van der Waals surface area contributed by atoms with Crippen LogP contribution in [0.25, 0.3) is 5.82 Å². The van der Waals surface area contributed by atoms with Crippen molar-refractivity contribution >= 4 is 11.5 Å². The van der Waals surface area contributed by atoms with E-state index in [1.54, 1.807) is 12.1 Å². The Hall–Kier alpha value is -2.51. The maximum Gasteiger partial charge on any atom is 0.313 e. The number of hydrogen-bond donors (Lipinski definition) is 1. The summed E-state index contributed by atoms with van der Waals surface area (Å²) in [6.07, 6.45) is 0.966. The molecule has 0 spiro atoms. The van der Waals surface area contributed by atoms with Gasteiger partial charge in [-0.25, -0.2) is 4.68 Å². The highest BCUT2D eigenvalue weighted by atomic mass is 16.6. The van der Waals surface area contributed by atoms with E-state index in [0.717, 1.165) is 0 Å². The molecule has 0 saturated heterocycles. The Morgan fingerprint density at radius 2 is 2.05 bits per heavy atom. The molecular weight excluding hydrogens is 248 g/mol. The molecule has 0 aromatic carbocycles. The number of rotatable bonds is 4. The number of aryl methyl sites for hydroxylation is 1. The van der Waals surface area contributed by atoms with Gasteiger partial charge in [-0.2, -0.15) is 5.10 Å². The first-order valence-corrected chi connectivity index (χ1v) is 5.93. The Kier molecular flexibility index (Phi) is 3.41. The fourth-order valence-electron chi connectivity index (χ4n) is 1.90. The summed E-state index contributed by atoms with van der Waals surface area (Å²) < 4.78 is 1.46. The van der Waals surface area contributed by atoms with Crippen molar-refractivity contribution in [2.75, 3.05) is 5.73 Å². The molecule has 2 rings (SSSR count). The lowest BCUT2D eigenvalue weighted by Gasteiger charge is -2.03. The highest BCUT2D eigenvalue weighted by Gasteiger charge is 2.26. The van der Waals surface area contributed by atoms with Gasteiger partial charge >= 0.3 is 5.69 Å². The van der Waals surface area contributed by atoms with Crippen molar-refractivity contribution in [3.05, 3.63) is 33.6 Å². The molecule has 8 nitrogen and oxygen atoms in total. The van der Waals surface area contributed by atoms with Gasteiger partial charge < -0.3 is 5.73 Å². The van der Waals surface area contributed by atoms with Gasteiger partial charge in [-0.15, -0.1) is 10.2 Å². The van der Waals surface area contributed by atoms with Crippen molar-refractivity contribution in [3.63, 3.8) is 0 Å². The SMILES string of the molecule is CCc1nn(-c2ccc(N)nn2)c(CC)c1[N+](=O)[O-]. The summed E-state index contributed by atoms with van der Waals surface area (Å²) in [6.45, 7) is 3.67. The molecule has 0 saturated carbocycles. The van der Waals surface area contributed by atoms with E-state index < -0.39 is 4.92 Å². The molecule has 0 amide bonds. The van der Waals surface area contributed by atoms with Crippen LogP contribution in [0.15, 0.2) is 12.1 Å². The normalized spacial score (nSPS) is 10.6. The third kappa shape index (κ3) is 2.24. The molecule has 0 unspecified atom stereocenters. The van der Waals surface area contributed by atoms with Gasteiger partial charge in [0, 0.05) is 0 Å². The van der Waals surface area contributed by atoms with Gasteiger partial charge in [0.2, 0.25) is 0 Å². The van der Waals surface area contributed by atoms with E-state index in [1.807, 2.05) is 13.8 Å². The summed E-state index contributed by atoms with van der Waals surface area (Å²) in [6, 6.07) is 3.22. The molecule has 0 fully saturated rings. The van der Waals surface area contributed by atoms with E-state index in [1.165, 1.54) is 4.68 Å². The Morgan fingerprint density at radius 3 is 2.53 bits per heavy atom. The molecule has 0 aliphatic heterocycles. The summed E-state index contributed by atoms with van der Waals surface area (Å²) in [4.78, 5) is 10.8. The average Bonchev–Trinajstić information content (AvgIpc) is 2.78. The van der Waals surface area contributed by atoms with E-state index >= 15 is 0 Å². The number of hydrogen-bond acceptors (Lipinski definition) is 6. The third-order valence-electron chi connectivity index (χ3n) is 2.76. The fourth-order valence-corrected chi connectivity index (χ4v) is 1.90.